The molecule has 0 spiro atoms. The van der Waals surface area contributed by atoms with Crippen LogP contribution in [0.3, 0.4) is 0 Å². The Hall–Kier alpha value is -1.33. The van der Waals surface area contributed by atoms with E-state index in [1.807, 2.05) is 13.0 Å². The van der Waals surface area contributed by atoms with Gasteiger partial charge in [0.2, 0.25) is 0 Å². The van der Waals surface area contributed by atoms with Gasteiger partial charge in [0.25, 0.3) is 5.91 Å². The van der Waals surface area contributed by atoms with Gasteiger partial charge in [-0.05, 0) is 24.4 Å². The van der Waals surface area contributed by atoms with Crippen molar-refractivity contribution in [3.63, 3.8) is 0 Å². The van der Waals surface area contributed by atoms with E-state index < -0.39 is 0 Å². The van der Waals surface area contributed by atoms with Gasteiger partial charge in [-0.2, -0.15) is 0 Å². The molecule has 0 fully saturated rings. The zero-order chi connectivity index (χ0) is 14.0. The molecule has 0 radical (unpaired) electrons. The van der Waals surface area contributed by atoms with Crippen molar-refractivity contribution in [2.75, 3.05) is 12.3 Å². The maximum absolute atomic E-state index is 12.1. The topological polar surface area (TPSA) is 55.1 Å². The fourth-order valence-electron chi connectivity index (χ4n) is 1.75. The predicted molar refractivity (Wildman–Crippen MR) is 83.1 cm³/mol. The van der Waals surface area contributed by atoms with Crippen LogP contribution in [0, 0.1) is 6.92 Å². The molecule has 0 bridgehead atoms. The Morgan fingerprint density at radius 2 is 2.21 bits per heavy atom. The van der Waals surface area contributed by atoms with Crippen LogP contribution >= 0.6 is 22.7 Å². The lowest BCUT2D eigenvalue weighted by atomic mass is 9.91. The highest BCUT2D eigenvalue weighted by atomic mass is 32.1. The van der Waals surface area contributed by atoms with E-state index in [-0.39, 0.29) is 11.3 Å². The highest BCUT2D eigenvalue weighted by molar-refractivity contribution is 7.14. The summed E-state index contributed by atoms with van der Waals surface area (Å²) in [5.41, 5.74) is 6.40. The predicted octanol–water partition coefficient (Wildman–Crippen LogP) is 3.41. The summed E-state index contributed by atoms with van der Waals surface area (Å²) < 4.78 is 0. The molecule has 0 aliphatic heterocycles. The van der Waals surface area contributed by atoms with Gasteiger partial charge in [0.05, 0.1) is 4.88 Å². The lowest BCUT2D eigenvalue weighted by molar-refractivity contribution is 0.0950. The third-order valence-electron chi connectivity index (χ3n) is 3.06. The maximum atomic E-state index is 12.1. The van der Waals surface area contributed by atoms with E-state index in [9.17, 15) is 4.79 Å². The van der Waals surface area contributed by atoms with Crippen LogP contribution in [0.1, 0.15) is 33.3 Å². The number of carbonyl (C=O) groups is 1. The third kappa shape index (κ3) is 3.16. The Morgan fingerprint density at radius 1 is 1.47 bits per heavy atom. The van der Waals surface area contributed by atoms with Crippen LogP contribution in [0.25, 0.3) is 0 Å². The van der Waals surface area contributed by atoms with E-state index >= 15 is 0 Å². The number of carbonyl (C=O) groups excluding carboxylic acids is 1. The number of hydrogen-bond donors (Lipinski definition) is 2. The molecule has 2 rings (SSSR count). The molecule has 2 aromatic rings. The highest BCUT2D eigenvalue weighted by Gasteiger charge is 2.23. The van der Waals surface area contributed by atoms with Gasteiger partial charge in [0, 0.05) is 27.4 Å². The Bertz CT molecular complexity index is 551. The van der Waals surface area contributed by atoms with Crippen molar-refractivity contribution in [2.45, 2.75) is 26.2 Å². The number of hydrogen-bond acceptors (Lipinski definition) is 4. The summed E-state index contributed by atoms with van der Waals surface area (Å²) in [5, 5.41) is 5.05. The average molecular weight is 294 g/mol. The Labute approximate surface area is 121 Å². The van der Waals surface area contributed by atoms with E-state index in [0.29, 0.717) is 17.1 Å². The summed E-state index contributed by atoms with van der Waals surface area (Å²) in [7, 11) is 0. The van der Waals surface area contributed by atoms with Crippen molar-refractivity contribution in [1.29, 1.82) is 0 Å². The molecule has 0 atom stereocenters. The van der Waals surface area contributed by atoms with Crippen LogP contribution in [0.2, 0.25) is 0 Å². The van der Waals surface area contributed by atoms with Crippen LogP contribution in [0.15, 0.2) is 23.6 Å². The summed E-state index contributed by atoms with van der Waals surface area (Å²) in [6.45, 7) is 6.80. The molecule has 3 nitrogen and oxygen atoms in total. The van der Waals surface area contributed by atoms with Crippen LogP contribution in [0.4, 0.5) is 5.69 Å². The molecule has 0 saturated heterocycles. The maximum Gasteiger partial charge on any atom is 0.261 e. The molecule has 3 N–H and O–H groups in total. The monoisotopic (exact) mass is 294 g/mol. The van der Waals surface area contributed by atoms with Gasteiger partial charge in [-0.3, -0.25) is 4.79 Å². The van der Waals surface area contributed by atoms with Crippen LogP contribution < -0.4 is 11.1 Å². The number of amides is 1. The van der Waals surface area contributed by atoms with Crippen molar-refractivity contribution < 1.29 is 4.79 Å². The van der Waals surface area contributed by atoms with Gasteiger partial charge >= 0.3 is 0 Å². The summed E-state index contributed by atoms with van der Waals surface area (Å²) in [4.78, 5) is 15.0. The van der Waals surface area contributed by atoms with Gasteiger partial charge in [0.1, 0.15) is 0 Å². The van der Waals surface area contributed by atoms with Gasteiger partial charge in [-0.25, -0.2) is 0 Å². The number of rotatable bonds is 4. The number of nitrogens with two attached hydrogens (primary N) is 1. The van der Waals surface area contributed by atoms with Crippen molar-refractivity contribution >= 4 is 34.3 Å². The summed E-state index contributed by atoms with van der Waals surface area (Å²) in [6.07, 6.45) is 0. The second-order valence-corrected chi connectivity index (χ2v) is 7.37. The minimum Gasteiger partial charge on any atom is -0.398 e. The molecule has 0 unspecified atom stereocenters. The normalized spacial score (nSPS) is 11.5. The quantitative estimate of drug-likeness (QED) is 0.908. The number of nitrogens with one attached hydrogen (secondary N) is 1. The lowest BCUT2D eigenvalue weighted by Crippen LogP contribution is -2.35. The molecular weight excluding hydrogens is 276 g/mol. The highest BCUT2D eigenvalue weighted by Crippen LogP contribution is 2.27. The van der Waals surface area contributed by atoms with Crippen molar-refractivity contribution in [3.8, 4) is 0 Å². The largest absolute Gasteiger partial charge is 0.398 e. The molecule has 1 amide bonds. The SMILES string of the molecule is Cc1sc(C(=O)NCC(C)(C)c2cccs2)cc1N. The van der Waals surface area contributed by atoms with Gasteiger partial charge < -0.3 is 11.1 Å². The molecular formula is C14H18N2OS2. The summed E-state index contributed by atoms with van der Waals surface area (Å²) >= 11 is 3.15. The number of anilines is 1. The smallest absolute Gasteiger partial charge is 0.261 e. The summed E-state index contributed by atoms with van der Waals surface area (Å²) in [6, 6.07) is 5.88. The molecule has 0 aliphatic carbocycles. The van der Waals surface area contributed by atoms with E-state index in [1.165, 1.54) is 16.2 Å². The number of nitrogen functional groups attached to an aromatic ring is 1. The van der Waals surface area contributed by atoms with E-state index in [2.05, 4.69) is 30.6 Å². The molecule has 19 heavy (non-hydrogen) atoms. The fraction of sp³-hybridized carbons (Fsp3) is 0.357. The fourth-order valence-corrected chi connectivity index (χ4v) is 3.46. The molecule has 0 saturated carbocycles. The lowest BCUT2D eigenvalue weighted by Gasteiger charge is -2.23. The Balaban J connectivity index is 2.01. The van der Waals surface area contributed by atoms with Crippen molar-refractivity contribution in [2.24, 2.45) is 0 Å². The van der Waals surface area contributed by atoms with Gasteiger partial charge in [-0.15, -0.1) is 22.7 Å². The second-order valence-electron chi connectivity index (χ2n) is 5.17. The molecule has 102 valence electrons. The van der Waals surface area contributed by atoms with Crippen LogP contribution in [0.5, 0.6) is 0 Å². The first kappa shape index (κ1) is 14.1. The average Bonchev–Trinajstić information content (AvgIpc) is 2.98. The van der Waals surface area contributed by atoms with Gasteiger partial charge in [0.15, 0.2) is 0 Å². The second kappa shape index (κ2) is 5.35. The Kier molecular flexibility index (Phi) is 3.96. The standard InChI is InChI=1S/C14H18N2OS2/c1-9-10(15)7-11(19-9)13(17)16-8-14(2,3)12-5-4-6-18-12/h4-7H,8,15H2,1-3H3,(H,16,17). The molecule has 5 heteroatoms. The summed E-state index contributed by atoms with van der Waals surface area (Å²) in [5.74, 6) is -0.0468. The molecule has 0 aliphatic rings. The first-order valence-electron chi connectivity index (χ1n) is 6.08. The Morgan fingerprint density at radius 3 is 2.74 bits per heavy atom. The zero-order valence-electron chi connectivity index (χ0n) is 11.3. The van der Waals surface area contributed by atoms with Crippen LogP contribution in [-0.4, -0.2) is 12.5 Å². The number of aryl methyl sites for hydroxylation is 1. The molecule has 2 heterocycles. The van der Waals surface area contributed by atoms with E-state index in [4.69, 9.17) is 5.73 Å². The third-order valence-corrected chi connectivity index (χ3v) is 5.36. The molecule has 0 aromatic carbocycles. The minimum atomic E-state index is -0.0539. The first-order chi connectivity index (χ1) is 8.90. The minimum absolute atomic E-state index is 0.0468. The number of thiophene rings is 2. The van der Waals surface area contributed by atoms with Crippen molar-refractivity contribution in [1.82, 2.24) is 5.32 Å². The zero-order valence-corrected chi connectivity index (χ0v) is 13.0. The van der Waals surface area contributed by atoms with Crippen molar-refractivity contribution in [3.05, 3.63) is 38.2 Å². The molecule has 2 aromatic heterocycles. The van der Waals surface area contributed by atoms with Gasteiger partial charge in [-0.1, -0.05) is 19.9 Å². The van der Waals surface area contributed by atoms with Crippen LogP contribution in [-0.2, 0) is 5.41 Å². The van der Waals surface area contributed by atoms with E-state index in [1.54, 1.807) is 17.4 Å². The van der Waals surface area contributed by atoms with E-state index in [0.717, 1.165) is 4.88 Å². The first-order valence-corrected chi connectivity index (χ1v) is 7.78.